The SMILES string of the molecule is COC(=O)Cc1cc(C#N)ccc1OCc1cc(-c2cccc(CNC(=O)OC(C)(C)C)c2)c2occc2c1. The van der Waals surface area contributed by atoms with Gasteiger partial charge >= 0.3 is 12.1 Å². The molecule has 39 heavy (non-hydrogen) atoms. The van der Waals surface area contributed by atoms with E-state index in [2.05, 4.69) is 11.4 Å². The Balaban J connectivity index is 1.57. The molecule has 0 unspecified atom stereocenters. The lowest BCUT2D eigenvalue weighted by molar-refractivity contribution is -0.139. The monoisotopic (exact) mass is 526 g/mol. The van der Waals surface area contributed by atoms with Crippen molar-refractivity contribution in [3.63, 3.8) is 0 Å². The molecule has 0 aliphatic rings. The van der Waals surface area contributed by atoms with E-state index >= 15 is 0 Å². The highest BCUT2D eigenvalue weighted by molar-refractivity contribution is 5.93. The molecule has 0 saturated heterocycles. The number of amides is 1. The van der Waals surface area contributed by atoms with Crippen LogP contribution in [0, 0.1) is 11.3 Å². The van der Waals surface area contributed by atoms with Gasteiger partial charge in [0, 0.05) is 23.1 Å². The van der Waals surface area contributed by atoms with Crippen molar-refractivity contribution in [2.24, 2.45) is 0 Å². The molecule has 0 fully saturated rings. The molecule has 3 aromatic carbocycles. The molecule has 8 nitrogen and oxygen atoms in total. The van der Waals surface area contributed by atoms with Gasteiger partial charge in [0.05, 0.1) is 31.4 Å². The zero-order chi connectivity index (χ0) is 28.0. The minimum atomic E-state index is -0.572. The number of methoxy groups -OCH3 is 1. The van der Waals surface area contributed by atoms with Gasteiger partial charge in [-0.1, -0.05) is 18.2 Å². The van der Waals surface area contributed by atoms with Crippen LogP contribution in [0.3, 0.4) is 0 Å². The zero-order valence-electron chi connectivity index (χ0n) is 22.4. The van der Waals surface area contributed by atoms with Crippen LogP contribution in [0.4, 0.5) is 4.79 Å². The van der Waals surface area contributed by atoms with Crippen molar-refractivity contribution in [2.45, 2.75) is 45.9 Å². The minimum absolute atomic E-state index is 0.00249. The number of nitriles is 1. The molecule has 0 bridgehead atoms. The van der Waals surface area contributed by atoms with Crippen molar-refractivity contribution < 1.29 is 28.2 Å². The number of nitrogens with one attached hydrogen (secondary N) is 1. The quantitative estimate of drug-likeness (QED) is 0.269. The van der Waals surface area contributed by atoms with Gasteiger partial charge in [0.2, 0.25) is 0 Å². The topological polar surface area (TPSA) is 111 Å². The molecule has 0 aliphatic heterocycles. The van der Waals surface area contributed by atoms with Crippen LogP contribution >= 0.6 is 0 Å². The van der Waals surface area contributed by atoms with Gasteiger partial charge in [0.25, 0.3) is 0 Å². The van der Waals surface area contributed by atoms with E-state index in [1.807, 2.05) is 63.2 Å². The Hall–Kier alpha value is -4.77. The molecule has 0 spiro atoms. The minimum Gasteiger partial charge on any atom is -0.489 e. The van der Waals surface area contributed by atoms with Crippen molar-refractivity contribution in [3.8, 4) is 22.9 Å². The maximum atomic E-state index is 12.1. The van der Waals surface area contributed by atoms with E-state index in [-0.39, 0.29) is 13.0 Å². The predicted molar refractivity (Wildman–Crippen MR) is 146 cm³/mol. The second kappa shape index (κ2) is 11.7. The third kappa shape index (κ3) is 7.17. The number of hydrogen-bond donors (Lipinski definition) is 1. The molecule has 4 rings (SSSR count). The summed E-state index contributed by atoms with van der Waals surface area (Å²) in [5, 5.41) is 13.0. The normalized spacial score (nSPS) is 11.1. The highest BCUT2D eigenvalue weighted by Gasteiger charge is 2.17. The zero-order valence-corrected chi connectivity index (χ0v) is 22.4. The molecule has 8 heteroatoms. The lowest BCUT2D eigenvalue weighted by Gasteiger charge is -2.19. The fourth-order valence-electron chi connectivity index (χ4n) is 4.10. The van der Waals surface area contributed by atoms with Gasteiger partial charge in [-0.05, 0) is 79.9 Å². The summed E-state index contributed by atoms with van der Waals surface area (Å²) in [4.78, 5) is 24.0. The summed E-state index contributed by atoms with van der Waals surface area (Å²) >= 11 is 0. The second-order valence-electron chi connectivity index (χ2n) is 10.0. The Morgan fingerprint density at radius 3 is 2.59 bits per heavy atom. The first kappa shape index (κ1) is 27.3. The molecule has 0 atom stereocenters. The number of fused-ring (bicyclic) bond motifs is 1. The molecule has 0 radical (unpaired) electrons. The molecule has 1 aromatic heterocycles. The second-order valence-corrected chi connectivity index (χ2v) is 10.0. The lowest BCUT2D eigenvalue weighted by atomic mass is 9.99. The van der Waals surface area contributed by atoms with Crippen molar-refractivity contribution in [2.75, 3.05) is 7.11 Å². The summed E-state index contributed by atoms with van der Waals surface area (Å²) in [6, 6.07) is 20.8. The van der Waals surface area contributed by atoms with Crippen LogP contribution in [-0.2, 0) is 33.8 Å². The number of nitrogens with zero attached hydrogens (tertiary/aromatic N) is 1. The molecular formula is C31H30N2O6. The molecule has 0 saturated carbocycles. The number of alkyl carbamates (subject to hydrolysis) is 1. The molecule has 1 amide bonds. The average Bonchev–Trinajstić information content (AvgIpc) is 3.38. The molecule has 1 heterocycles. The van der Waals surface area contributed by atoms with Crippen LogP contribution in [0.2, 0.25) is 0 Å². The first-order chi connectivity index (χ1) is 18.6. The highest BCUT2D eigenvalue weighted by Crippen LogP contribution is 2.32. The van der Waals surface area contributed by atoms with E-state index in [1.54, 1.807) is 24.5 Å². The molecule has 4 aromatic rings. The highest BCUT2D eigenvalue weighted by atomic mass is 16.6. The van der Waals surface area contributed by atoms with Gasteiger partial charge in [0.1, 0.15) is 23.5 Å². The van der Waals surface area contributed by atoms with E-state index < -0.39 is 17.7 Å². The number of benzene rings is 3. The van der Waals surface area contributed by atoms with Crippen LogP contribution in [0.5, 0.6) is 5.75 Å². The lowest BCUT2D eigenvalue weighted by Crippen LogP contribution is -2.32. The Morgan fingerprint density at radius 1 is 1.03 bits per heavy atom. The number of esters is 1. The van der Waals surface area contributed by atoms with Crippen LogP contribution < -0.4 is 10.1 Å². The third-order valence-electron chi connectivity index (χ3n) is 5.83. The summed E-state index contributed by atoms with van der Waals surface area (Å²) in [6.45, 7) is 6.00. The van der Waals surface area contributed by atoms with Crippen LogP contribution in [0.1, 0.15) is 43.0 Å². The van der Waals surface area contributed by atoms with Gasteiger partial charge < -0.3 is 23.9 Å². The molecule has 0 aliphatic carbocycles. The van der Waals surface area contributed by atoms with E-state index in [0.717, 1.165) is 33.2 Å². The average molecular weight is 527 g/mol. The van der Waals surface area contributed by atoms with Gasteiger partial charge in [-0.25, -0.2) is 4.79 Å². The van der Waals surface area contributed by atoms with Gasteiger partial charge in [-0.2, -0.15) is 5.26 Å². The van der Waals surface area contributed by atoms with E-state index in [9.17, 15) is 14.9 Å². The Kier molecular flexibility index (Phi) is 8.21. The van der Waals surface area contributed by atoms with Crippen molar-refractivity contribution in [1.29, 1.82) is 5.26 Å². The standard InChI is InChI=1S/C31H30N2O6/c1-31(2,3)39-30(35)33-18-21-6-5-7-23(13-21)26-15-22(14-24-10-11-37-29(24)26)19-38-27-9-8-20(17-32)12-25(27)16-28(34)36-4/h5-15H,16,18-19H2,1-4H3,(H,33,35). The Labute approximate surface area is 227 Å². The first-order valence-corrected chi connectivity index (χ1v) is 12.4. The number of carbonyl (C=O) groups excluding carboxylic acids is 2. The fraction of sp³-hybridized carbons (Fsp3) is 0.258. The van der Waals surface area contributed by atoms with Crippen LogP contribution in [-0.4, -0.2) is 24.8 Å². The molecule has 1 N–H and O–H groups in total. The Bertz CT molecular complexity index is 1540. The van der Waals surface area contributed by atoms with Crippen molar-refractivity contribution >= 4 is 23.0 Å². The van der Waals surface area contributed by atoms with Crippen LogP contribution in [0.15, 0.2) is 71.3 Å². The van der Waals surface area contributed by atoms with Gasteiger partial charge in [0.15, 0.2) is 0 Å². The fourth-order valence-corrected chi connectivity index (χ4v) is 4.10. The maximum absolute atomic E-state index is 12.1. The number of rotatable bonds is 8. The predicted octanol–water partition coefficient (Wildman–Crippen LogP) is 6.29. The number of carbonyl (C=O) groups is 2. The summed E-state index contributed by atoms with van der Waals surface area (Å²) in [5.74, 6) is 0.0848. The van der Waals surface area contributed by atoms with E-state index in [0.29, 0.717) is 23.4 Å². The number of hydrogen-bond acceptors (Lipinski definition) is 7. The summed E-state index contributed by atoms with van der Waals surface area (Å²) < 4.78 is 22.0. The van der Waals surface area contributed by atoms with Gasteiger partial charge in [-0.3, -0.25) is 4.79 Å². The summed E-state index contributed by atoms with van der Waals surface area (Å²) in [5.41, 5.74) is 4.78. The largest absolute Gasteiger partial charge is 0.489 e. The molecule has 200 valence electrons. The van der Waals surface area contributed by atoms with Crippen molar-refractivity contribution in [3.05, 3.63) is 89.2 Å². The third-order valence-corrected chi connectivity index (χ3v) is 5.83. The van der Waals surface area contributed by atoms with E-state index in [4.69, 9.17) is 18.6 Å². The smallest absolute Gasteiger partial charge is 0.407 e. The summed E-state index contributed by atoms with van der Waals surface area (Å²) in [6.07, 6.45) is 1.16. The van der Waals surface area contributed by atoms with Gasteiger partial charge in [-0.15, -0.1) is 0 Å². The summed E-state index contributed by atoms with van der Waals surface area (Å²) in [7, 11) is 1.32. The van der Waals surface area contributed by atoms with Crippen LogP contribution in [0.25, 0.3) is 22.1 Å². The number of furan rings is 1. The maximum Gasteiger partial charge on any atom is 0.407 e. The first-order valence-electron chi connectivity index (χ1n) is 12.4. The Morgan fingerprint density at radius 2 is 1.85 bits per heavy atom. The number of ether oxygens (including phenoxy) is 3. The van der Waals surface area contributed by atoms with E-state index in [1.165, 1.54) is 7.11 Å². The molecular weight excluding hydrogens is 496 g/mol. The van der Waals surface area contributed by atoms with Crippen molar-refractivity contribution in [1.82, 2.24) is 5.32 Å².